The van der Waals surface area contributed by atoms with Crippen molar-refractivity contribution >= 4 is 19.4 Å². The third-order valence-corrected chi connectivity index (χ3v) is 5.42. The Hall–Kier alpha value is 0.130. The van der Waals surface area contributed by atoms with Gasteiger partial charge in [-0.2, -0.15) is 21.6 Å². The largest absolute Gasteiger partial charge is 0.522 e. The first-order chi connectivity index (χ1) is 8.89. The summed E-state index contributed by atoms with van der Waals surface area (Å²) in [6.45, 7) is 9.24. The molecule has 0 aliphatic heterocycles. The maximum Gasteiger partial charge on any atom is 0.522 e. The Morgan fingerprint density at radius 3 is 1.60 bits per heavy atom. The van der Waals surface area contributed by atoms with Gasteiger partial charge in [0.1, 0.15) is 0 Å². The minimum absolute atomic E-state index is 0.519. The lowest BCUT2D eigenvalue weighted by atomic mass is 9.82. The second-order valence-electron chi connectivity index (χ2n) is 4.75. The molecule has 0 fully saturated rings. The lowest BCUT2D eigenvalue weighted by Gasteiger charge is -2.35. The van der Waals surface area contributed by atoms with E-state index in [-0.39, 0.29) is 0 Å². The number of halogens is 3. The van der Waals surface area contributed by atoms with Crippen LogP contribution in [-0.4, -0.2) is 23.6 Å². The maximum absolute atomic E-state index is 10.7. The first-order valence-corrected chi connectivity index (χ1v) is 8.73. The fourth-order valence-corrected chi connectivity index (χ4v) is 2.48. The van der Waals surface area contributed by atoms with Crippen molar-refractivity contribution in [3.8, 4) is 0 Å². The average molecular weight is 338 g/mol. The molecule has 0 amide bonds. The Morgan fingerprint density at radius 2 is 1.45 bits per heavy atom. The number of hydrogen-bond donors (Lipinski definition) is 1. The summed E-state index contributed by atoms with van der Waals surface area (Å²) in [5.74, 6) is 0.905. The minimum atomic E-state index is -5.84. The van der Waals surface area contributed by atoms with Crippen molar-refractivity contribution in [2.45, 2.75) is 70.5 Å². The van der Waals surface area contributed by atoms with Gasteiger partial charge in [-0.25, -0.2) is 0 Å². The third kappa shape index (κ3) is 7.79. The van der Waals surface area contributed by atoms with E-state index < -0.39 is 15.6 Å². The average Bonchev–Trinajstić information content (AvgIpc) is 2.33. The van der Waals surface area contributed by atoms with Gasteiger partial charge in [0.15, 0.2) is 0 Å². The molecule has 2 atom stereocenters. The van der Waals surface area contributed by atoms with E-state index in [4.69, 9.17) is 13.0 Å². The van der Waals surface area contributed by atoms with Crippen molar-refractivity contribution in [3.05, 3.63) is 0 Å². The number of rotatable bonds is 6. The Labute approximate surface area is 122 Å². The monoisotopic (exact) mass is 338 g/mol. The van der Waals surface area contributed by atoms with Crippen LogP contribution in [0.4, 0.5) is 13.2 Å². The molecule has 0 aromatic rings. The summed E-state index contributed by atoms with van der Waals surface area (Å²) in [6, 6.07) is 0. The molecule has 1 N–H and O–H groups in total. The predicted octanol–water partition coefficient (Wildman–Crippen LogP) is 4.64. The van der Waals surface area contributed by atoms with Crippen LogP contribution in [0, 0.1) is 5.92 Å². The molecule has 124 valence electrons. The normalized spacial score (nSPS) is 14.4. The van der Waals surface area contributed by atoms with Gasteiger partial charge in [0.2, 0.25) is 0 Å². The molecule has 0 saturated heterocycles. The molecule has 20 heavy (non-hydrogen) atoms. The smallest absolute Gasteiger partial charge is 0.279 e. The fourth-order valence-electron chi connectivity index (χ4n) is 2.07. The highest BCUT2D eigenvalue weighted by atomic mass is 32.2. The molecule has 0 saturated carbocycles. The quantitative estimate of drug-likeness (QED) is 0.436. The highest BCUT2D eigenvalue weighted by Crippen LogP contribution is 2.39. The Bertz CT molecular complexity index is 351. The SMILES string of the molecule is CCCC(CC)C(P)(CC)CC.O=S(=O)(O)C(F)(F)F. The molecule has 3 nitrogen and oxygen atoms in total. The predicted molar refractivity (Wildman–Crippen MR) is 79.3 cm³/mol. The zero-order chi connectivity index (χ0) is 16.6. The second kappa shape index (κ2) is 9.21. The zero-order valence-electron chi connectivity index (χ0n) is 12.5. The van der Waals surface area contributed by atoms with E-state index >= 15 is 0 Å². The summed E-state index contributed by atoms with van der Waals surface area (Å²) in [5.41, 5.74) is -5.53. The highest BCUT2D eigenvalue weighted by molar-refractivity contribution is 7.86. The molecule has 0 spiro atoms. The maximum atomic E-state index is 10.7. The van der Waals surface area contributed by atoms with Gasteiger partial charge in [-0.15, -0.1) is 9.24 Å². The number of hydrogen-bond acceptors (Lipinski definition) is 2. The van der Waals surface area contributed by atoms with Gasteiger partial charge in [-0.05, 0) is 30.3 Å². The van der Waals surface area contributed by atoms with E-state index in [0.717, 1.165) is 5.92 Å². The molecule has 0 aromatic carbocycles. The van der Waals surface area contributed by atoms with Crippen LogP contribution in [0.15, 0.2) is 0 Å². The van der Waals surface area contributed by atoms with Gasteiger partial charge in [-0.3, -0.25) is 4.55 Å². The highest BCUT2D eigenvalue weighted by Gasteiger charge is 2.44. The van der Waals surface area contributed by atoms with Gasteiger partial charge in [0, 0.05) is 0 Å². The summed E-state index contributed by atoms with van der Waals surface area (Å²) in [6.07, 6.45) is 6.65. The minimum Gasteiger partial charge on any atom is -0.279 e. The van der Waals surface area contributed by atoms with Crippen LogP contribution in [0.3, 0.4) is 0 Å². The molecule has 0 rings (SSSR count). The fraction of sp³-hybridized carbons (Fsp3) is 1.00. The Morgan fingerprint density at radius 1 is 1.10 bits per heavy atom. The van der Waals surface area contributed by atoms with Crippen LogP contribution in [0.1, 0.15) is 59.8 Å². The van der Waals surface area contributed by atoms with Crippen molar-refractivity contribution in [1.29, 1.82) is 0 Å². The standard InChI is InChI=1S/C11H25P.CHF3O3S/c1-5-9-10(6-2)11(12,7-3)8-4;2-1(3,4)8(5,6)7/h10H,5-9,12H2,1-4H3;(H,5,6,7). The van der Waals surface area contributed by atoms with Crippen molar-refractivity contribution in [1.82, 2.24) is 0 Å². The molecule has 0 heterocycles. The third-order valence-electron chi connectivity index (χ3n) is 3.55. The Kier molecular flexibility index (Phi) is 10.3. The van der Waals surface area contributed by atoms with Crippen molar-refractivity contribution < 1.29 is 26.1 Å². The first-order valence-electron chi connectivity index (χ1n) is 6.72. The van der Waals surface area contributed by atoms with Crippen LogP contribution >= 0.6 is 9.24 Å². The molecule has 0 bridgehead atoms. The molecular formula is C12H26F3O3PS. The van der Waals surface area contributed by atoms with Crippen molar-refractivity contribution in [2.75, 3.05) is 0 Å². The van der Waals surface area contributed by atoms with E-state index in [1.54, 1.807) is 0 Å². The summed E-state index contributed by atoms with van der Waals surface area (Å²) in [4.78, 5) is 0. The zero-order valence-corrected chi connectivity index (χ0v) is 14.5. The van der Waals surface area contributed by atoms with Crippen molar-refractivity contribution in [3.63, 3.8) is 0 Å². The molecule has 8 heteroatoms. The van der Waals surface area contributed by atoms with Crippen molar-refractivity contribution in [2.24, 2.45) is 5.92 Å². The molecule has 2 unspecified atom stereocenters. The van der Waals surface area contributed by atoms with E-state index in [9.17, 15) is 13.2 Å². The topological polar surface area (TPSA) is 54.4 Å². The van der Waals surface area contributed by atoms with Gasteiger partial charge < -0.3 is 0 Å². The number of alkyl halides is 3. The van der Waals surface area contributed by atoms with Crippen LogP contribution in [0.2, 0.25) is 0 Å². The van der Waals surface area contributed by atoms with Gasteiger partial charge >= 0.3 is 15.6 Å². The molecule has 0 aliphatic rings. The molecular weight excluding hydrogens is 312 g/mol. The lowest BCUT2D eigenvalue weighted by molar-refractivity contribution is -0.0510. The second-order valence-corrected chi connectivity index (χ2v) is 7.32. The van der Waals surface area contributed by atoms with Gasteiger partial charge in [0.05, 0.1) is 0 Å². The molecule has 0 aliphatic carbocycles. The van der Waals surface area contributed by atoms with E-state index in [1.165, 1.54) is 32.1 Å². The summed E-state index contributed by atoms with van der Waals surface area (Å²) >= 11 is 0. The van der Waals surface area contributed by atoms with E-state index in [0.29, 0.717) is 5.16 Å². The van der Waals surface area contributed by atoms with Gasteiger partial charge in [-0.1, -0.05) is 40.5 Å². The summed E-state index contributed by atoms with van der Waals surface area (Å²) in [5, 5.41) is 0.519. The summed E-state index contributed by atoms with van der Waals surface area (Å²) in [7, 11) is -2.74. The van der Waals surface area contributed by atoms with Crippen LogP contribution < -0.4 is 0 Å². The van der Waals surface area contributed by atoms with E-state index in [1.807, 2.05) is 0 Å². The molecule has 0 aromatic heterocycles. The van der Waals surface area contributed by atoms with Crippen LogP contribution in [-0.2, 0) is 10.1 Å². The lowest BCUT2D eigenvalue weighted by Crippen LogP contribution is -2.29. The van der Waals surface area contributed by atoms with Crippen LogP contribution in [0.5, 0.6) is 0 Å². The van der Waals surface area contributed by atoms with Gasteiger partial charge in [0.25, 0.3) is 0 Å². The van der Waals surface area contributed by atoms with E-state index in [2.05, 4.69) is 36.9 Å². The van der Waals surface area contributed by atoms with Crippen LogP contribution in [0.25, 0.3) is 0 Å². The molecule has 0 radical (unpaired) electrons. The summed E-state index contributed by atoms with van der Waals surface area (Å²) < 4.78 is 57.5. The first kappa shape index (κ1) is 22.4. The Balaban J connectivity index is 0.